The molecule has 0 N–H and O–H groups in total. The highest BCUT2D eigenvalue weighted by Gasteiger charge is 2.70. The summed E-state index contributed by atoms with van der Waals surface area (Å²) in [7, 11) is 0. The minimum absolute atomic E-state index is 0.217. The van der Waals surface area contributed by atoms with Crippen molar-refractivity contribution in [1.29, 1.82) is 0 Å². The van der Waals surface area contributed by atoms with Gasteiger partial charge in [0.25, 0.3) is 0 Å². The minimum atomic E-state index is 0.217. The van der Waals surface area contributed by atoms with Crippen LogP contribution in [0.25, 0.3) is 0 Å². The molecule has 0 aliphatic heterocycles. The van der Waals surface area contributed by atoms with Crippen LogP contribution in [0.2, 0.25) is 0 Å². The highest BCUT2D eigenvalue weighted by Crippen LogP contribution is 2.77. The van der Waals surface area contributed by atoms with Crippen molar-refractivity contribution in [3.63, 3.8) is 0 Å². The molecule has 64 heavy (non-hydrogen) atoms. The van der Waals surface area contributed by atoms with Crippen LogP contribution in [0, 0.1) is 33.0 Å². The first-order valence-electron chi connectivity index (χ1n) is 30.9. The Labute approximate surface area is 410 Å². The summed E-state index contributed by atoms with van der Waals surface area (Å²) in [4.78, 5) is 0. The van der Waals surface area contributed by atoms with Gasteiger partial charge < -0.3 is 0 Å². The summed E-state index contributed by atoms with van der Waals surface area (Å²) in [6.07, 6.45) is 64.8. The van der Waals surface area contributed by atoms with Gasteiger partial charge in [-0.05, 0) is 77.9 Å². The Hall–Kier alpha value is 0. The third kappa shape index (κ3) is 22.6. The second-order valence-corrected chi connectivity index (χ2v) is 24.3. The number of hydrogen-bond donors (Lipinski definition) is 0. The first kappa shape index (κ1) is 64.0. The van der Waals surface area contributed by atoms with Gasteiger partial charge in [-0.1, -0.05) is 334 Å². The van der Waals surface area contributed by atoms with Crippen LogP contribution in [0.4, 0.5) is 0 Å². The van der Waals surface area contributed by atoms with Crippen molar-refractivity contribution in [2.45, 2.75) is 379 Å². The van der Waals surface area contributed by atoms with E-state index in [0.29, 0.717) is 10.8 Å². The van der Waals surface area contributed by atoms with Crippen LogP contribution in [0.5, 0.6) is 0 Å². The standard InChI is InChI=1S/C64H130/c1-14-22-29-35-38-40-45-49-56-62(54-47-43-37-31-24-16-3,55-48-44-39-36-30-23-15-2)63(57-50-34-27-19-6,58-51-42-33-26-18-5)64(60(9,10)11,61(12,13)21-8)59(52-28-20-7)53-46-41-32-25-17-4/h59H,14-58H2,1-13H3. The Bertz CT molecular complexity index is 967. The molecule has 4 unspecified atom stereocenters. The predicted molar refractivity (Wildman–Crippen MR) is 297 cm³/mol. The second kappa shape index (κ2) is 39.8. The molecule has 0 aliphatic carbocycles. The van der Waals surface area contributed by atoms with E-state index in [1.54, 1.807) is 0 Å². The van der Waals surface area contributed by atoms with E-state index in [1.807, 2.05) is 0 Å². The molecule has 0 aromatic rings. The third-order valence-corrected chi connectivity index (χ3v) is 18.0. The molecule has 0 saturated heterocycles. The lowest BCUT2D eigenvalue weighted by Gasteiger charge is -2.74. The third-order valence-electron chi connectivity index (χ3n) is 18.0. The average Bonchev–Trinajstić information content (AvgIpc) is 3.27. The van der Waals surface area contributed by atoms with Crippen LogP contribution in [-0.4, -0.2) is 0 Å². The zero-order chi connectivity index (χ0) is 47.9. The summed E-state index contributed by atoms with van der Waals surface area (Å²) in [5.41, 5.74) is 1.49. The van der Waals surface area contributed by atoms with Crippen LogP contribution >= 0.6 is 0 Å². The lowest BCUT2D eigenvalue weighted by molar-refractivity contribution is -0.260. The van der Waals surface area contributed by atoms with Crippen molar-refractivity contribution in [3.05, 3.63) is 0 Å². The number of unbranched alkanes of at least 4 members (excludes halogenated alkanes) is 30. The van der Waals surface area contributed by atoms with Crippen molar-refractivity contribution < 1.29 is 0 Å². The summed E-state index contributed by atoms with van der Waals surface area (Å²) < 4.78 is 0. The zero-order valence-corrected chi connectivity index (χ0v) is 47.9. The van der Waals surface area contributed by atoms with Crippen molar-refractivity contribution in [2.75, 3.05) is 0 Å². The van der Waals surface area contributed by atoms with Crippen molar-refractivity contribution in [1.82, 2.24) is 0 Å². The number of hydrogen-bond acceptors (Lipinski definition) is 0. The molecule has 0 amide bonds. The maximum atomic E-state index is 2.88. The molecule has 0 heteroatoms. The van der Waals surface area contributed by atoms with Crippen LogP contribution in [0.3, 0.4) is 0 Å². The van der Waals surface area contributed by atoms with E-state index < -0.39 is 0 Å². The maximum absolute atomic E-state index is 2.88. The van der Waals surface area contributed by atoms with Crippen LogP contribution in [0.15, 0.2) is 0 Å². The molecule has 0 aromatic heterocycles. The van der Waals surface area contributed by atoms with Crippen molar-refractivity contribution in [3.8, 4) is 0 Å². The molecule has 0 aromatic carbocycles. The fourth-order valence-corrected chi connectivity index (χ4v) is 14.9. The van der Waals surface area contributed by atoms with E-state index in [-0.39, 0.29) is 16.2 Å². The Morgan fingerprint density at radius 2 is 0.516 bits per heavy atom. The van der Waals surface area contributed by atoms with Gasteiger partial charge in [-0.3, -0.25) is 0 Å². The summed E-state index contributed by atoms with van der Waals surface area (Å²) in [5, 5.41) is 0. The van der Waals surface area contributed by atoms with E-state index in [0.717, 1.165) is 5.92 Å². The van der Waals surface area contributed by atoms with E-state index in [4.69, 9.17) is 0 Å². The van der Waals surface area contributed by atoms with E-state index in [9.17, 15) is 0 Å². The monoisotopic (exact) mass is 899 g/mol. The summed E-state index contributed by atoms with van der Waals surface area (Å²) >= 11 is 0. The van der Waals surface area contributed by atoms with Gasteiger partial charge in [-0.25, -0.2) is 0 Å². The molecular formula is C64H130. The molecule has 0 saturated carbocycles. The minimum Gasteiger partial charge on any atom is -0.0654 e. The second-order valence-electron chi connectivity index (χ2n) is 24.3. The van der Waals surface area contributed by atoms with Crippen molar-refractivity contribution >= 4 is 0 Å². The predicted octanol–water partition coefficient (Wildman–Crippen LogP) is 24.3. The van der Waals surface area contributed by atoms with Gasteiger partial charge in [0, 0.05) is 0 Å². The molecule has 4 atom stereocenters. The zero-order valence-electron chi connectivity index (χ0n) is 47.9. The Morgan fingerprint density at radius 3 is 0.812 bits per heavy atom. The van der Waals surface area contributed by atoms with Gasteiger partial charge in [0.15, 0.2) is 0 Å². The topological polar surface area (TPSA) is 0 Å². The largest absolute Gasteiger partial charge is 0.0654 e. The highest BCUT2D eigenvalue weighted by molar-refractivity contribution is 5.18. The van der Waals surface area contributed by atoms with Gasteiger partial charge in [0.1, 0.15) is 0 Å². The summed E-state index contributed by atoms with van der Waals surface area (Å²) in [6, 6.07) is 0. The van der Waals surface area contributed by atoms with Gasteiger partial charge in [0.2, 0.25) is 0 Å². The summed E-state index contributed by atoms with van der Waals surface area (Å²) in [5.74, 6) is 0.794. The SMILES string of the molecule is CCCCCCCCCCC(CCCCCCCC)(CCCCCCCCC)C(CCCCCC)(CCCCCCC)C(C(CCCC)CCCCCCC)(C(C)(C)C)C(C)(C)CC. The first-order valence-corrected chi connectivity index (χ1v) is 30.9. The van der Waals surface area contributed by atoms with Gasteiger partial charge in [0.05, 0.1) is 0 Å². The Balaban J connectivity index is 8.58. The van der Waals surface area contributed by atoms with Crippen LogP contribution in [0.1, 0.15) is 379 Å². The lowest BCUT2D eigenvalue weighted by Crippen LogP contribution is -2.67. The van der Waals surface area contributed by atoms with Gasteiger partial charge in [-0.2, -0.15) is 0 Å². The molecule has 0 nitrogen and oxygen atoms in total. The molecule has 0 bridgehead atoms. The molecule has 0 aliphatic rings. The molecule has 0 rings (SSSR count). The molecule has 0 fully saturated rings. The summed E-state index contributed by atoms with van der Waals surface area (Å²) in [6.45, 7) is 34.0. The average molecular weight is 900 g/mol. The Kier molecular flexibility index (Phi) is 39.8. The first-order chi connectivity index (χ1) is 30.9. The fraction of sp³-hybridized carbons (Fsp3) is 1.00. The molecule has 386 valence electrons. The molecule has 0 spiro atoms. The molecule has 0 radical (unpaired) electrons. The molecular weight excluding hydrogens is 769 g/mol. The van der Waals surface area contributed by atoms with Crippen LogP contribution in [-0.2, 0) is 0 Å². The van der Waals surface area contributed by atoms with E-state index in [1.165, 1.54) is 289 Å². The lowest BCUT2D eigenvalue weighted by atomic mass is 9.30. The van der Waals surface area contributed by atoms with E-state index >= 15 is 0 Å². The normalized spacial score (nSPS) is 15.9. The van der Waals surface area contributed by atoms with E-state index in [2.05, 4.69) is 90.0 Å². The van der Waals surface area contributed by atoms with Crippen LogP contribution < -0.4 is 0 Å². The van der Waals surface area contributed by atoms with Gasteiger partial charge in [-0.15, -0.1) is 0 Å². The Morgan fingerprint density at radius 1 is 0.266 bits per heavy atom. The van der Waals surface area contributed by atoms with Crippen molar-refractivity contribution in [2.24, 2.45) is 33.0 Å². The fourth-order valence-electron chi connectivity index (χ4n) is 14.9. The highest BCUT2D eigenvalue weighted by atomic mass is 14.7. The number of rotatable bonds is 49. The van der Waals surface area contributed by atoms with Gasteiger partial charge >= 0.3 is 0 Å². The smallest absolute Gasteiger partial charge is 0.0108 e. The quantitative estimate of drug-likeness (QED) is 0.0534. The molecule has 0 heterocycles. The maximum Gasteiger partial charge on any atom is -0.0108 e.